The fourth-order valence-corrected chi connectivity index (χ4v) is 12.3. The molecule has 102 valence electrons. The van der Waals surface area contributed by atoms with Crippen molar-refractivity contribution in [3.8, 4) is 0 Å². The van der Waals surface area contributed by atoms with Crippen molar-refractivity contribution in [1.29, 1.82) is 0 Å². The Balaban J connectivity index is 2.95. The highest BCUT2D eigenvalue weighted by molar-refractivity contribution is 7.77. The fraction of sp³-hybridized carbons (Fsp3) is 1.00. The van der Waals surface area contributed by atoms with E-state index in [1.807, 2.05) is 0 Å². The van der Waals surface area contributed by atoms with Gasteiger partial charge in [0.05, 0.1) is 0 Å². The predicted octanol–water partition coefficient (Wildman–Crippen LogP) is 6.08. The molecule has 1 rings (SSSR count). The molecule has 2 unspecified atom stereocenters. The molecule has 1 aliphatic heterocycles. The molecule has 0 radical (unpaired) electrons. The number of hydrogen-bond acceptors (Lipinski definition) is 0. The summed E-state index contributed by atoms with van der Waals surface area (Å²) in [5, 5.41) is 0. The SMILES string of the molecule is CCP1CCCCCCP(CC)C1(CC)CC. The van der Waals surface area contributed by atoms with Crippen molar-refractivity contribution in [2.75, 3.05) is 24.6 Å². The second kappa shape index (κ2) is 8.12. The monoisotopic (exact) mass is 274 g/mol. The van der Waals surface area contributed by atoms with Crippen molar-refractivity contribution in [2.45, 2.75) is 71.1 Å². The van der Waals surface area contributed by atoms with E-state index in [9.17, 15) is 0 Å². The topological polar surface area (TPSA) is 0 Å². The lowest BCUT2D eigenvalue weighted by molar-refractivity contribution is 0.706. The van der Waals surface area contributed by atoms with Crippen molar-refractivity contribution >= 4 is 15.8 Å². The van der Waals surface area contributed by atoms with Gasteiger partial charge in [0.15, 0.2) is 0 Å². The summed E-state index contributed by atoms with van der Waals surface area (Å²) < 4.78 is 0. The lowest BCUT2D eigenvalue weighted by Gasteiger charge is -2.46. The summed E-state index contributed by atoms with van der Waals surface area (Å²) in [6.07, 6.45) is 15.1. The van der Waals surface area contributed by atoms with Crippen LogP contribution in [0.3, 0.4) is 0 Å². The molecule has 1 fully saturated rings. The normalized spacial score (nSPS) is 30.4. The maximum atomic E-state index is 2.48. The maximum absolute atomic E-state index is 2.48. The second-order valence-electron chi connectivity index (χ2n) is 5.26. The smallest absolute Gasteiger partial charge is 0.0101 e. The van der Waals surface area contributed by atoms with E-state index in [0.717, 1.165) is 4.90 Å². The molecule has 2 atom stereocenters. The molecule has 0 saturated carbocycles. The van der Waals surface area contributed by atoms with Crippen molar-refractivity contribution < 1.29 is 0 Å². The van der Waals surface area contributed by atoms with Crippen LogP contribution < -0.4 is 0 Å². The average Bonchev–Trinajstić information content (AvgIpc) is 2.46. The van der Waals surface area contributed by atoms with Crippen LogP contribution in [-0.2, 0) is 0 Å². The van der Waals surface area contributed by atoms with E-state index in [2.05, 4.69) is 27.7 Å². The molecule has 17 heavy (non-hydrogen) atoms. The standard InChI is InChI=1S/C15H32P2/c1-5-15(6-2)16(7-3)13-11-9-10-12-14-17(15)8-4/h5-14H2,1-4H3. The van der Waals surface area contributed by atoms with Gasteiger partial charge in [-0.25, -0.2) is 0 Å². The minimum absolute atomic E-state index is 0.306. The summed E-state index contributed by atoms with van der Waals surface area (Å²) in [5.41, 5.74) is 0. The molecule has 0 N–H and O–H groups in total. The van der Waals surface area contributed by atoms with Gasteiger partial charge in [-0.15, -0.1) is 0 Å². The Morgan fingerprint density at radius 3 is 1.41 bits per heavy atom. The highest BCUT2D eigenvalue weighted by atomic mass is 31.2. The first-order chi connectivity index (χ1) is 8.25. The Morgan fingerprint density at radius 2 is 1.12 bits per heavy atom. The van der Waals surface area contributed by atoms with Gasteiger partial charge < -0.3 is 0 Å². The first-order valence-electron chi connectivity index (χ1n) is 7.75. The van der Waals surface area contributed by atoms with Gasteiger partial charge in [-0.1, -0.05) is 56.4 Å². The Labute approximate surface area is 112 Å². The molecule has 1 heterocycles. The fourth-order valence-electron chi connectivity index (χ4n) is 3.62. The van der Waals surface area contributed by atoms with Gasteiger partial charge >= 0.3 is 0 Å². The summed E-state index contributed by atoms with van der Waals surface area (Å²) in [4.78, 5) is 0.790. The van der Waals surface area contributed by atoms with E-state index < -0.39 is 0 Å². The molecule has 0 nitrogen and oxygen atoms in total. The molecule has 0 aromatic heterocycles. The van der Waals surface area contributed by atoms with E-state index in [0.29, 0.717) is 15.8 Å². The Kier molecular flexibility index (Phi) is 7.60. The number of rotatable bonds is 4. The predicted molar refractivity (Wildman–Crippen MR) is 86.4 cm³/mol. The summed E-state index contributed by atoms with van der Waals surface area (Å²) in [7, 11) is 0.611. The molecule has 1 saturated heterocycles. The Hall–Kier alpha value is 0.860. The van der Waals surface area contributed by atoms with E-state index in [1.165, 1.54) is 50.8 Å². The molecular formula is C15H32P2. The first-order valence-corrected chi connectivity index (χ1v) is 11.2. The molecule has 0 aliphatic carbocycles. The van der Waals surface area contributed by atoms with Crippen molar-refractivity contribution in [1.82, 2.24) is 0 Å². The zero-order valence-electron chi connectivity index (χ0n) is 12.5. The van der Waals surface area contributed by atoms with Crippen LogP contribution in [0.5, 0.6) is 0 Å². The summed E-state index contributed by atoms with van der Waals surface area (Å²) in [5.74, 6) is 0. The van der Waals surface area contributed by atoms with Crippen molar-refractivity contribution in [3.05, 3.63) is 0 Å². The third-order valence-corrected chi connectivity index (χ3v) is 13.2. The van der Waals surface area contributed by atoms with Gasteiger partial charge in [0.2, 0.25) is 0 Å². The lowest BCUT2D eigenvalue weighted by Crippen LogP contribution is -2.26. The lowest BCUT2D eigenvalue weighted by atomic mass is 10.2. The quantitative estimate of drug-likeness (QED) is 0.545. The van der Waals surface area contributed by atoms with Crippen LogP contribution in [0, 0.1) is 0 Å². The molecular weight excluding hydrogens is 242 g/mol. The third-order valence-electron chi connectivity index (χ3n) is 4.68. The number of hydrogen-bond donors (Lipinski definition) is 0. The Morgan fingerprint density at radius 1 is 0.706 bits per heavy atom. The van der Waals surface area contributed by atoms with Gasteiger partial charge in [0.25, 0.3) is 0 Å². The zero-order valence-corrected chi connectivity index (χ0v) is 14.3. The van der Waals surface area contributed by atoms with Crippen molar-refractivity contribution in [3.63, 3.8) is 0 Å². The second-order valence-corrected chi connectivity index (χ2v) is 11.6. The Bertz CT molecular complexity index is 181. The van der Waals surface area contributed by atoms with E-state index in [-0.39, 0.29) is 0 Å². The minimum Gasteiger partial charge on any atom is -0.0962 e. The van der Waals surface area contributed by atoms with Gasteiger partial charge in [-0.2, -0.15) is 0 Å². The molecule has 1 aliphatic rings. The van der Waals surface area contributed by atoms with Crippen LogP contribution in [0.25, 0.3) is 0 Å². The molecule has 0 aromatic carbocycles. The third kappa shape index (κ3) is 3.67. The van der Waals surface area contributed by atoms with E-state index in [4.69, 9.17) is 0 Å². The van der Waals surface area contributed by atoms with Crippen LogP contribution in [-0.4, -0.2) is 29.5 Å². The molecule has 0 amide bonds. The van der Waals surface area contributed by atoms with Crippen LogP contribution >= 0.6 is 15.8 Å². The highest BCUT2D eigenvalue weighted by Gasteiger charge is 2.39. The van der Waals surface area contributed by atoms with Crippen LogP contribution in [0.1, 0.15) is 66.2 Å². The zero-order chi connectivity index (χ0) is 12.7. The van der Waals surface area contributed by atoms with Gasteiger partial charge in [-0.05, 0) is 50.3 Å². The molecule has 0 bridgehead atoms. The minimum atomic E-state index is 0.306. The largest absolute Gasteiger partial charge is 0.0962 e. The van der Waals surface area contributed by atoms with Crippen LogP contribution in [0.4, 0.5) is 0 Å². The summed E-state index contributed by atoms with van der Waals surface area (Å²) >= 11 is 0. The average molecular weight is 274 g/mol. The van der Waals surface area contributed by atoms with Gasteiger partial charge in [0, 0.05) is 4.90 Å². The van der Waals surface area contributed by atoms with Crippen LogP contribution in [0.2, 0.25) is 0 Å². The van der Waals surface area contributed by atoms with E-state index >= 15 is 0 Å². The first kappa shape index (κ1) is 15.9. The van der Waals surface area contributed by atoms with Crippen LogP contribution in [0.15, 0.2) is 0 Å². The van der Waals surface area contributed by atoms with Gasteiger partial charge in [0.1, 0.15) is 0 Å². The maximum Gasteiger partial charge on any atom is 0.0101 e. The highest BCUT2D eigenvalue weighted by Crippen LogP contribution is 2.70. The molecule has 2 heteroatoms. The summed E-state index contributed by atoms with van der Waals surface area (Å²) in [6, 6.07) is 0. The van der Waals surface area contributed by atoms with Gasteiger partial charge in [-0.3, -0.25) is 0 Å². The summed E-state index contributed by atoms with van der Waals surface area (Å²) in [6.45, 7) is 9.90. The molecule has 0 aromatic rings. The van der Waals surface area contributed by atoms with Crippen molar-refractivity contribution in [2.24, 2.45) is 0 Å². The molecule has 0 spiro atoms. The van der Waals surface area contributed by atoms with E-state index in [1.54, 1.807) is 12.3 Å².